The highest BCUT2D eigenvalue weighted by atomic mass is 16.5. The molecule has 1 saturated heterocycles. The number of hydrogen-bond acceptors (Lipinski definition) is 6. The van der Waals surface area contributed by atoms with Gasteiger partial charge < -0.3 is 14.4 Å². The second kappa shape index (κ2) is 8.73. The summed E-state index contributed by atoms with van der Waals surface area (Å²) in [4.78, 5) is 53.2. The number of urea groups is 1. The van der Waals surface area contributed by atoms with Gasteiger partial charge >= 0.3 is 17.8 Å². The van der Waals surface area contributed by atoms with Crippen LogP contribution in [0.4, 0.5) is 4.79 Å². The van der Waals surface area contributed by atoms with Crippen LogP contribution >= 0.6 is 0 Å². The molecule has 0 N–H and O–H groups in total. The van der Waals surface area contributed by atoms with Gasteiger partial charge in [-0.3, -0.25) is 19.3 Å². The number of imide groups is 2. The molecular weight excluding hydrogens is 390 g/mol. The molecule has 30 heavy (non-hydrogen) atoms. The molecule has 0 spiro atoms. The molecule has 0 aromatic heterocycles. The Balaban J connectivity index is 1.69. The number of rotatable bonds is 7. The first kappa shape index (κ1) is 21.6. The van der Waals surface area contributed by atoms with Gasteiger partial charge in [-0.1, -0.05) is 12.8 Å². The van der Waals surface area contributed by atoms with E-state index in [-0.39, 0.29) is 12.6 Å². The summed E-state index contributed by atoms with van der Waals surface area (Å²) < 4.78 is 10.6. The van der Waals surface area contributed by atoms with Crippen LogP contribution in [-0.4, -0.2) is 72.3 Å². The quantitative estimate of drug-likeness (QED) is 0.495. The van der Waals surface area contributed by atoms with Crippen molar-refractivity contribution in [3.63, 3.8) is 0 Å². The number of nitrogens with zero attached hydrogens (tertiary/aromatic N) is 3. The maximum atomic E-state index is 12.7. The first-order valence-electron chi connectivity index (χ1n) is 9.93. The minimum absolute atomic E-state index is 0.249. The van der Waals surface area contributed by atoms with E-state index in [0.717, 1.165) is 33.8 Å². The molecule has 2 aliphatic rings. The number of carbonyl (C=O) groups is 4. The van der Waals surface area contributed by atoms with E-state index in [4.69, 9.17) is 9.47 Å². The Morgan fingerprint density at radius 2 is 1.67 bits per heavy atom. The molecule has 5 amide bonds. The molecule has 3 rings (SSSR count). The minimum Gasteiger partial charge on any atom is -0.493 e. The zero-order chi connectivity index (χ0) is 22.0. The molecule has 9 heteroatoms. The maximum absolute atomic E-state index is 12.7. The monoisotopic (exact) mass is 417 g/mol. The van der Waals surface area contributed by atoms with E-state index in [1.165, 1.54) is 12.0 Å². The second-order valence-electron chi connectivity index (χ2n) is 7.67. The van der Waals surface area contributed by atoms with Crippen LogP contribution in [0.2, 0.25) is 0 Å². The van der Waals surface area contributed by atoms with E-state index >= 15 is 0 Å². The molecule has 0 atom stereocenters. The van der Waals surface area contributed by atoms with Crippen LogP contribution in [0.5, 0.6) is 11.5 Å². The van der Waals surface area contributed by atoms with Crippen molar-refractivity contribution in [2.24, 2.45) is 0 Å². The Hall–Kier alpha value is -3.10. The Bertz CT molecular complexity index is 878. The second-order valence-corrected chi connectivity index (χ2v) is 7.67. The van der Waals surface area contributed by atoms with Gasteiger partial charge in [0, 0.05) is 19.6 Å². The Morgan fingerprint density at radius 3 is 2.27 bits per heavy atom. The van der Waals surface area contributed by atoms with Crippen LogP contribution in [0, 0.1) is 6.92 Å². The van der Waals surface area contributed by atoms with Crippen molar-refractivity contribution < 1.29 is 28.7 Å². The zero-order valence-corrected chi connectivity index (χ0v) is 17.8. The Kier molecular flexibility index (Phi) is 6.28. The molecule has 2 fully saturated rings. The van der Waals surface area contributed by atoms with Gasteiger partial charge in [-0.2, -0.15) is 0 Å². The van der Waals surface area contributed by atoms with E-state index in [9.17, 15) is 19.2 Å². The fraction of sp³-hybridized carbons (Fsp3) is 0.524. The molecule has 1 saturated carbocycles. The molecule has 0 radical (unpaired) electrons. The predicted molar refractivity (Wildman–Crippen MR) is 107 cm³/mol. The summed E-state index contributed by atoms with van der Waals surface area (Å²) in [7, 11) is 4.66. The molecule has 0 bridgehead atoms. The highest BCUT2D eigenvalue weighted by molar-refractivity contribution is 6.45. The third kappa shape index (κ3) is 3.96. The van der Waals surface area contributed by atoms with Gasteiger partial charge in [0.05, 0.1) is 14.2 Å². The molecule has 1 aliphatic carbocycles. The number of hydrogen-bond donors (Lipinski definition) is 0. The zero-order valence-electron chi connectivity index (χ0n) is 17.8. The number of ether oxygens (including phenoxy) is 2. The summed E-state index contributed by atoms with van der Waals surface area (Å²) in [6.45, 7) is 1.68. The minimum atomic E-state index is -0.934. The van der Waals surface area contributed by atoms with Crippen molar-refractivity contribution in [3.8, 4) is 11.5 Å². The topological polar surface area (TPSA) is 96.5 Å². The van der Waals surface area contributed by atoms with Crippen molar-refractivity contribution in [1.82, 2.24) is 14.7 Å². The van der Waals surface area contributed by atoms with Gasteiger partial charge in [0.2, 0.25) is 5.91 Å². The number of likely N-dealkylation sites (N-methyl/N-ethyl adjacent to an activating group) is 1. The predicted octanol–water partition coefficient (Wildman–Crippen LogP) is 1.70. The highest BCUT2D eigenvalue weighted by Gasteiger charge is 2.48. The highest BCUT2D eigenvalue weighted by Crippen LogP contribution is 2.31. The van der Waals surface area contributed by atoms with Gasteiger partial charge in [0.15, 0.2) is 11.5 Å². The van der Waals surface area contributed by atoms with E-state index in [2.05, 4.69) is 0 Å². The van der Waals surface area contributed by atoms with Gasteiger partial charge in [-0.15, -0.1) is 0 Å². The summed E-state index contributed by atoms with van der Waals surface area (Å²) >= 11 is 0. The Labute approximate surface area is 175 Å². The summed E-state index contributed by atoms with van der Waals surface area (Å²) in [6, 6.07) is 2.66. The van der Waals surface area contributed by atoms with Crippen molar-refractivity contribution in [2.75, 3.05) is 27.8 Å². The van der Waals surface area contributed by atoms with Crippen molar-refractivity contribution >= 4 is 23.8 Å². The summed E-state index contributed by atoms with van der Waals surface area (Å²) in [5, 5.41) is 0. The number of aryl methyl sites for hydroxylation is 1. The number of methoxy groups -OCH3 is 2. The van der Waals surface area contributed by atoms with Crippen molar-refractivity contribution in [1.29, 1.82) is 0 Å². The van der Waals surface area contributed by atoms with Crippen LogP contribution in [0.3, 0.4) is 0 Å². The van der Waals surface area contributed by atoms with Crippen LogP contribution in [0.1, 0.15) is 36.8 Å². The van der Waals surface area contributed by atoms with E-state index in [0.29, 0.717) is 24.3 Å². The van der Waals surface area contributed by atoms with Gasteiger partial charge in [0.1, 0.15) is 6.54 Å². The molecule has 1 heterocycles. The van der Waals surface area contributed by atoms with E-state index < -0.39 is 30.3 Å². The number of carbonyl (C=O) groups excluding carboxylic acids is 4. The average Bonchev–Trinajstić information content (AvgIpc) is 3.32. The standard InChI is InChI=1S/C21H27N3O6/c1-13-9-16(29-3)17(30-4)10-14(13)11-22(2)18(25)12-23-19(26)20(27)24(21(23)28)15-7-5-6-8-15/h9-10,15H,5-8,11-12H2,1-4H3. The lowest BCUT2D eigenvalue weighted by Crippen LogP contribution is -2.43. The number of amides is 5. The van der Waals surface area contributed by atoms with Gasteiger partial charge in [-0.25, -0.2) is 9.69 Å². The normalized spacial score (nSPS) is 17.1. The van der Waals surface area contributed by atoms with E-state index in [1.807, 2.05) is 13.0 Å². The fourth-order valence-corrected chi connectivity index (χ4v) is 3.94. The summed E-state index contributed by atoms with van der Waals surface area (Å²) in [5.74, 6) is -1.07. The molecule has 1 aromatic rings. The average molecular weight is 417 g/mol. The Morgan fingerprint density at radius 1 is 1.07 bits per heavy atom. The number of benzene rings is 1. The van der Waals surface area contributed by atoms with Crippen LogP contribution in [-0.2, 0) is 20.9 Å². The molecule has 9 nitrogen and oxygen atoms in total. The van der Waals surface area contributed by atoms with Crippen molar-refractivity contribution in [3.05, 3.63) is 23.3 Å². The first-order chi connectivity index (χ1) is 14.3. The maximum Gasteiger partial charge on any atom is 0.334 e. The molecular formula is C21H27N3O6. The third-order valence-electron chi connectivity index (χ3n) is 5.74. The van der Waals surface area contributed by atoms with Crippen molar-refractivity contribution in [2.45, 2.75) is 45.2 Å². The lowest BCUT2D eigenvalue weighted by atomic mass is 10.1. The lowest BCUT2D eigenvalue weighted by molar-refractivity contribution is -0.145. The SMILES string of the molecule is COc1cc(C)c(CN(C)C(=O)CN2C(=O)C(=O)N(C3CCCC3)C2=O)cc1OC. The first-order valence-corrected chi connectivity index (χ1v) is 9.93. The largest absolute Gasteiger partial charge is 0.493 e. The van der Waals surface area contributed by atoms with Crippen LogP contribution < -0.4 is 9.47 Å². The van der Waals surface area contributed by atoms with E-state index in [1.54, 1.807) is 20.2 Å². The third-order valence-corrected chi connectivity index (χ3v) is 5.74. The van der Waals surface area contributed by atoms with Crippen LogP contribution in [0.15, 0.2) is 12.1 Å². The molecule has 0 unspecified atom stereocenters. The smallest absolute Gasteiger partial charge is 0.334 e. The molecule has 1 aromatic carbocycles. The summed E-state index contributed by atoms with van der Waals surface area (Å²) in [5.41, 5.74) is 1.74. The molecule has 1 aliphatic heterocycles. The fourth-order valence-electron chi connectivity index (χ4n) is 3.94. The summed E-state index contributed by atoms with van der Waals surface area (Å²) in [6.07, 6.45) is 3.24. The molecule has 162 valence electrons. The van der Waals surface area contributed by atoms with Crippen LogP contribution in [0.25, 0.3) is 0 Å². The lowest BCUT2D eigenvalue weighted by Gasteiger charge is -2.23. The van der Waals surface area contributed by atoms with Gasteiger partial charge in [0.25, 0.3) is 0 Å². The van der Waals surface area contributed by atoms with Gasteiger partial charge in [-0.05, 0) is 43.0 Å².